The molecule has 1 aromatic carbocycles. The van der Waals surface area contributed by atoms with Crippen LogP contribution in [0.1, 0.15) is 32.8 Å². The van der Waals surface area contributed by atoms with Crippen LogP contribution in [0.5, 0.6) is 5.75 Å². The molecule has 0 aliphatic carbocycles. The van der Waals surface area contributed by atoms with Crippen LogP contribution in [0.3, 0.4) is 0 Å². The summed E-state index contributed by atoms with van der Waals surface area (Å²) in [6, 6.07) is 6.58. The van der Waals surface area contributed by atoms with E-state index >= 15 is 0 Å². The molecule has 0 radical (unpaired) electrons. The maximum Gasteiger partial charge on any atom is 0.141 e. The van der Waals surface area contributed by atoms with Gasteiger partial charge in [0.05, 0.1) is 12.8 Å². The molecule has 1 rings (SSSR count). The van der Waals surface area contributed by atoms with E-state index in [4.69, 9.17) is 10.5 Å². The summed E-state index contributed by atoms with van der Waals surface area (Å²) in [5.74, 6) is 0.750. The van der Waals surface area contributed by atoms with E-state index in [0.717, 1.165) is 18.8 Å². The first-order chi connectivity index (χ1) is 8.08. The van der Waals surface area contributed by atoms with Crippen molar-refractivity contribution < 1.29 is 4.74 Å². The minimum atomic E-state index is 0.554. The summed E-state index contributed by atoms with van der Waals surface area (Å²) in [4.78, 5) is 2.45. The van der Waals surface area contributed by atoms with Crippen molar-refractivity contribution in [2.45, 2.75) is 39.8 Å². The topological polar surface area (TPSA) is 38.5 Å². The number of anilines is 1. The first kappa shape index (κ1) is 13.8. The number of rotatable bonds is 6. The van der Waals surface area contributed by atoms with E-state index in [0.29, 0.717) is 11.7 Å². The second kappa shape index (κ2) is 6.50. The molecule has 0 aliphatic rings. The van der Waals surface area contributed by atoms with E-state index in [2.05, 4.69) is 31.7 Å². The van der Waals surface area contributed by atoms with Crippen LogP contribution in [0.15, 0.2) is 18.2 Å². The Morgan fingerprint density at radius 3 is 2.53 bits per heavy atom. The van der Waals surface area contributed by atoms with E-state index < -0.39 is 0 Å². The summed E-state index contributed by atoms with van der Waals surface area (Å²) in [7, 11) is 1.64. The van der Waals surface area contributed by atoms with Gasteiger partial charge >= 0.3 is 0 Å². The molecule has 0 heterocycles. The van der Waals surface area contributed by atoms with Crippen LogP contribution in [0.25, 0.3) is 0 Å². The van der Waals surface area contributed by atoms with Crippen LogP contribution in [0.2, 0.25) is 0 Å². The number of methoxy groups -OCH3 is 1. The van der Waals surface area contributed by atoms with Crippen LogP contribution in [-0.4, -0.2) is 24.6 Å². The summed E-state index contributed by atoms with van der Waals surface area (Å²) in [5, 5.41) is 0. The lowest BCUT2D eigenvalue weighted by Crippen LogP contribution is -2.31. The van der Waals surface area contributed by atoms with Crippen molar-refractivity contribution in [3.63, 3.8) is 0 Å². The summed E-state index contributed by atoms with van der Waals surface area (Å²) >= 11 is 0. The van der Waals surface area contributed by atoms with Crippen molar-refractivity contribution >= 4 is 5.69 Å². The molecule has 1 aromatic rings. The van der Waals surface area contributed by atoms with Crippen molar-refractivity contribution in [2.24, 2.45) is 0 Å². The summed E-state index contributed by atoms with van der Waals surface area (Å²) in [6.45, 7) is 8.71. The number of hydrogen-bond acceptors (Lipinski definition) is 3. The predicted molar refractivity (Wildman–Crippen MR) is 73.2 cm³/mol. The SMILES string of the molecule is CCCN(Cc1ccc(OC)c(N)c1)C(C)C. The Kier molecular flexibility index (Phi) is 5.29. The average Bonchev–Trinajstić information content (AvgIpc) is 2.28. The molecule has 0 unspecified atom stereocenters. The van der Waals surface area contributed by atoms with E-state index in [-0.39, 0.29) is 0 Å². The Labute approximate surface area is 105 Å². The second-order valence-corrected chi connectivity index (χ2v) is 4.64. The van der Waals surface area contributed by atoms with Crippen LogP contribution >= 0.6 is 0 Å². The zero-order valence-corrected chi connectivity index (χ0v) is 11.4. The number of ether oxygens (including phenoxy) is 1. The molecule has 0 saturated heterocycles. The van der Waals surface area contributed by atoms with Gasteiger partial charge in [0.25, 0.3) is 0 Å². The fourth-order valence-corrected chi connectivity index (χ4v) is 1.92. The molecule has 0 aromatic heterocycles. The number of nitrogens with two attached hydrogens (primary N) is 1. The smallest absolute Gasteiger partial charge is 0.141 e. The van der Waals surface area contributed by atoms with Crippen LogP contribution in [-0.2, 0) is 6.54 Å². The molecule has 17 heavy (non-hydrogen) atoms. The molecule has 0 amide bonds. The van der Waals surface area contributed by atoms with Crippen molar-refractivity contribution in [3.8, 4) is 5.75 Å². The van der Waals surface area contributed by atoms with Crippen LogP contribution in [0, 0.1) is 0 Å². The molecule has 2 N–H and O–H groups in total. The van der Waals surface area contributed by atoms with Gasteiger partial charge in [-0.2, -0.15) is 0 Å². The molecule has 0 saturated carbocycles. The lowest BCUT2D eigenvalue weighted by Gasteiger charge is -2.26. The van der Waals surface area contributed by atoms with Gasteiger partial charge in [-0.1, -0.05) is 13.0 Å². The Hall–Kier alpha value is -1.22. The molecule has 3 nitrogen and oxygen atoms in total. The standard InChI is InChI=1S/C14H24N2O/c1-5-8-16(11(2)3)10-12-6-7-14(17-4)13(15)9-12/h6-7,9,11H,5,8,10,15H2,1-4H3. The molecule has 0 spiro atoms. The van der Waals surface area contributed by atoms with E-state index in [1.807, 2.05) is 12.1 Å². The summed E-state index contributed by atoms with van der Waals surface area (Å²) in [6.07, 6.45) is 1.17. The lowest BCUT2D eigenvalue weighted by molar-refractivity contribution is 0.213. The van der Waals surface area contributed by atoms with Crippen molar-refractivity contribution in [2.75, 3.05) is 19.4 Å². The van der Waals surface area contributed by atoms with Gasteiger partial charge in [-0.05, 0) is 44.5 Å². The first-order valence-electron chi connectivity index (χ1n) is 6.25. The van der Waals surface area contributed by atoms with Crippen LogP contribution in [0.4, 0.5) is 5.69 Å². The third-order valence-electron chi connectivity index (χ3n) is 2.92. The van der Waals surface area contributed by atoms with Gasteiger partial charge in [0.1, 0.15) is 5.75 Å². The highest BCUT2D eigenvalue weighted by atomic mass is 16.5. The Morgan fingerprint density at radius 2 is 2.06 bits per heavy atom. The molecule has 0 aliphatic heterocycles. The minimum Gasteiger partial charge on any atom is -0.495 e. The van der Waals surface area contributed by atoms with E-state index in [1.165, 1.54) is 12.0 Å². The molecule has 0 atom stereocenters. The monoisotopic (exact) mass is 236 g/mol. The maximum absolute atomic E-state index is 5.91. The minimum absolute atomic E-state index is 0.554. The van der Waals surface area contributed by atoms with Crippen molar-refractivity contribution in [1.29, 1.82) is 0 Å². The third kappa shape index (κ3) is 3.93. The fraction of sp³-hybridized carbons (Fsp3) is 0.571. The Balaban J connectivity index is 2.76. The van der Waals surface area contributed by atoms with Gasteiger partial charge in [-0.3, -0.25) is 4.90 Å². The van der Waals surface area contributed by atoms with E-state index in [9.17, 15) is 0 Å². The van der Waals surface area contributed by atoms with Gasteiger partial charge in [-0.25, -0.2) is 0 Å². The number of benzene rings is 1. The average molecular weight is 236 g/mol. The van der Waals surface area contributed by atoms with Gasteiger partial charge in [0.15, 0.2) is 0 Å². The zero-order valence-electron chi connectivity index (χ0n) is 11.4. The largest absolute Gasteiger partial charge is 0.495 e. The van der Waals surface area contributed by atoms with E-state index in [1.54, 1.807) is 7.11 Å². The fourth-order valence-electron chi connectivity index (χ4n) is 1.92. The summed E-state index contributed by atoms with van der Waals surface area (Å²) in [5.41, 5.74) is 7.87. The number of nitrogen functional groups attached to an aromatic ring is 1. The molecule has 96 valence electrons. The normalized spacial score (nSPS) is 11.2. The first-order valence-corrected chi connectivity index (χ1v) is 6.25. The van der Waals surface area contributed by atoms with Crippen molar-refractivity contribution in [1.82, 2.24) is 4.90 Å². The Morgan fingerprint density at radius 1 is 1.35 bits per heavy atom. The lowest BCUT2D eigenvalue weighted by atomic mass is 10.1. The van der Waals surface area contributed by atoms with Crippen molar-refractivity contribution in [3.05, 3.63) is 23.8 Å². The summed E-state index contributed by atoms with van der Waals surface area (Å²) < 4.78 is 5.16. The molecule has 3 heteroatoms. The van der Waals surface area contributed by atoms with Crippen LogP contribution < -0.4 is 10.5 Å². The molecule has 0 bridgehead atoms. The zero-order chi connectivity index (χ0) is 12.8. The maximum atomic E-state index is 5.91. The van der Waals surface area contributed by atoms with Gasteiger partial charge < -0.3 is 10.5 Å². The number of nitrogens with zero attached hydrogens (tertiary/aromatic N) is 1. The highest BCUT2D eigenvalue weighted by Gasteiger charge is 2.10. The highest BCUT2D eigenvalue weighted by Crippen LogP contribution is 2.23. The molecule has 0 fully saturated rings. The number of hydrogen-bond donors (Lipinski definition) is 1. The molecular formula is C14H24N2O. The highest BCUT2D eigenvalue weighted by molar-refractivity contribution is 5.54. The van der Waals surface area contributed by atoms with Gasteiger partial charge in [0.2, 0.25) is 0 Å². The third-order valence-corrected chi connectivity index (χ3v) is 2.92. The molecular weight excluding hydrogens is 212 g/mol. The van der Waals surface area contributed by atoms with Gasteiger partial charge in [0, 0.05) is 12.6 Å². The Bertz CT molecular complexity index is 350. The second-order valence-electron chi connectivity index (χ2n) is 4.64. The van der Waals surface area contributed by atoms with Gasteiger partial charge in [-0.15, -0.1) is 0 Å². The quantitative estimate of drug-likeness (QED) is 0.772. The predicted octanol–water partition coefficient (Wildman–Crippen LogP) is 2.90.